The minimum Gasteiger partial charge on any atom is -0.368 e. The predicted octanol–water partition coefficient (Wildman–Crippen LogP) is 3.03. The first-order chi connectivity index (χ1) is 11.2. The molecule has 1 amide bonds. The van der Waals surface area contributed by atoms with E-state index in [0.29, 0.717) is 25.6 Å². The summed E-state index contributed by atoms with van der Waals surface area (Å²) in [6.45, 7) is 4.18. The van der Waals surface area contributed by atoms with Crippen LogP contribution in [0.25, 0.3) is 0 Å². The van der Waals surface area contributed by atoms with Gasteiger partial charge in [0.15, 0.2) is 0 Å². The number of nitrogens with zero attached hydrogens (tertiary/aromatic N) is 1. The number of nitrogens with two attached hydrogens (primary N) is 1. The highest BCUT2D eigenvalue weighted by molar-refractivity contribution is 5.85. The lowest BCUT2D eigenvalue weighted by atomic mass is 9.88. The average molecular weight is 355 g/mol. The Bertz CT molecular complexity index is 470. The number of rotatable bonds is 8. The molecule has 0 radical (unpaired) electrons. The Hall–Kier alpha value is -1.10. The van der Waals surface area contributed by atoms with Crippen molar-refractivity contribution in [3.8, 4) is 0 Å². The SMILES string of the molecule is CC1CCCCC1OCC(=O)N(CCN)CCc1ccccc1.Cl. The van der Waals surface area contributed by atoms with Crippen molar-refractivity contribution in [2.75, 3.05) is 26.2 Å². The number of carbonyl (C=O) groups excluding carboxylic acids is 1. The van der Waals surface area contributed by atoms with Gasteiger partial charge in [0, 0.05) is 19.6 Å². The highest BCUT2D eigenvalue weighted by Gasteiger charge is 2.23. The molecule has 0 saturated heterocycles. The predicted molar refractivity (Wildman–Crippen MR) is 100 cm³/mol. The molecule has 0 aromatic heterocycles. The summed E-state index contributed by atoms with van der Waals surface area (Å²) in [5.74, 6) is 0.619. The summed E-state index contributed by atoms with van der Waals surface area (Å²) in [6.07, 6.45) is 5.87. The van der Waals surface area contributed by atoms with Crippen LogP contribution in [0.4, 0.5) is 0 Å². The van der Waals surface area contributed by atoms with Crippen molar-refractivity contribution in [1.29, 1.82) is 0 Å². The highest BCUT2D eigenvalue weighted by atomic mass is 35.5. The molecule has 1 aromatic carbocycles. The fourth-order valence-corrected chi connectivity index (χ4v) is 3.23. The Morgan fingerprint density at radius 1 is 1.21 bits per heavy atom. The van der Waals surface area contributed by atoms with Gasteiger partial charge < -0.3 is 15.4 Å². The summed E-state index contributed by atoms with van der Waals surface area (Å²) in [5.41, 5.74) is 6.90. The van der Waals surface area contributed by atoms with Crippen LogP contribution in [-0.4, -0.2) is 43.2 Å². The van der Waals surface area contributed by atoms with E-state index in [1.807, 2.05) is 23.1 Å². The van der Waals surface area contributed by atoms with Gasteiger partial charge in [-0.3, -0.25) is 4.79 Å². The van der Waals surface area contributed by atoms with Gasteiger partial charge in [-0.05, 0) is 30.7 Å². The van der Waals surface area contributed by atoms with E-state index in [9.17, 15) is 4.79 Å². The number of benzene rings is 1. The molecule has 2 unspecified atom stereocenters. The molecule has 0 spiro atoms. The number of hydrogen-bond donors (Lipinski definition) is 1. The number of halogens is 1. The standard InChI is InChI=1S/C19H30N2O2.ClH/c1-16-7-5-6-10-18(16)23-15-19(22)21(14-12-20)13-11-17-8-3-2-4-9-17;/h2-4,8-9,16,18H,5-7,10-15,20H2,1H3;1H. The van der Waals surface area contributed by atoms with Gasteiger partial charge in [-0.2, -0.15) is 0 Å². The molecule has 1 fully saturated rings. The molecule has 1 aromatic rings. The zero-order chi connectivity index (χ0) is 16.5. The van der Waals surface area contributed by atoms with Crippen molar-refractivity contribution < 1.29 is 9.53 Å². The van der Waals surface area contributed by atoms with Crippen LogP contribution in [0.2, 0.25) is 0 Å². The van der Waals surface area contributed by atoms with Crippen LogP contribution in [0, 0.1) is 5.92 Å². The largest absolute Gasteiger partial charge is 0.368 e. The van der Waals surface area contributed by atoms with Crippen molar-refractivity contribution >= 4 is 18.3 Å². The summed E-state index contributed by atoms with van der Waals surface area (Å²) in [6, 6.07) is 10.2. The second kappa shape index (κ2) is 11.5. The molecular formula is C19H31ClN2O2. The minimum absolute atomic E-state index is 0. The van der Waals surface area contributed by atoms with Gasteiger partial charge in [-0.1, -0.05) is 50.1 Å². The zero-order valence-corrected chi connectivity index (χ0v) is 15.5. The van der Waals surface area contributed by atoms with Gasteiger partial charge in [-0.15, -0.1) is 12.4 Å². The van der Waals surface area contributed by atoms with Gasteiger partial charge >= 0.3 is 0 Å². The van der Waals surface area contributed by atoms with Crippen LogP contribution in [0.1, 0.15) is 38.2 Å². The number of hydrogen-bond acceptors (Lipinski definition) is 3. The van der Waals surface area contributed by atoms with Gasteiger partial charge in [0.1, 0.15) is 6.61 Å². The normalized spacial score (nSPS) is 20.2. The maximum absolute atomic E-state index is 12.4. The van der Waals surface area contributed by atoms with E-state index >= 15 is 0 Å². The molecule has 0 bridgehead atoms. The Balaban J connectivity index is 0.00000288. The van der Waals surface area contributed by atoms with E-state index in [1.165, 1.54) is 24.8 Å². The van der Waals surface area contributed by atoms with E-state index in [4.69, 9.17) is 10.5 Å². The highest BCUT2D eigenvalue weighted by Crippen LogP contribution is 2.26. The molecule has 2 N–H and O–H groups in total. The molecule has 24 heavy (non-hydrogen) atoms. The fourth-order valence-electron chi connectivity index (χ4n) is 3.23. The molecular weight excluding hydrogens is 324 g/mol. The first kappa shape index (κ1) is 20.9. The third-order valence-electron chi connectivity index (χ3n) is 4.72. The van der Waals surface area contributed by atoms with E-state index < -0.39 is 0 Å². The first-order valence-corrected chi connectivity index (χ1v) is 8.84. The van der Waals surface area contributed by atoms with E-state index in [0.717, 1.165) is 12.8 Å². The third-order valence-corrected chi connectivity index (χ3v) is 4.72. The second-order valence-corrected chi connectivity index (χ2v) is 6.52. The van der Waals surface area contributed by atoms with Crippen molar-refractivity contribution in [2.24, 2.45) is 11.7 Å². The summed E-state index contributed by atoms with van der Waals surface area (Å²) < 4.78 is 5.90. The molecule has 0 heterocycles. The van der Waals surface area contributed by atoms with E-state index in [-0.39, 0.29) is 31.0 Å². The summed E-state index contributed by atoms with van der Waals surface area (Å²) in [5, 5.41) is 0. The molecule has 2 atom stereocenters. The van der Waals surface area contributed by atoms with Gasteiger partial charge in [0.25, 0.3) is 0 Å². The lowest BCUT2D eigenvalue weighted by Gasteiger charge is -2.30. The molecule has 2 rings (SSSR count). The van der Waals surface area contributed by atoms with Gasteiger partial charge in [0.2, 0.25) is 5.91 Å². The third kappa shape index (κ3) is 6.80. The first-order valence-electron chi connectivity index (χ1n) is 8.84. The zero-order valence-electron chi connectivity index (χ0n) is 14.7. The molecule has 5 heteroatoms. The van der Waals surface area contributed by atoms with Crippen LogP contribution in [-0.2, 0) is 16.0 Å². The Morgan fingerprint density at radius 2 is 1.92 bits per heavy atom. The molecule has 0 aliphatic heterocycles. The molecule has 4 nitrogen and oxygen atoms in total. The van der Waals surface area contributed by atoms with Crippen LogP contribution >= 0.6 is 12.4 Å². The summed E-state index contributed by atoms with van der Waals surface area (Å²) in [7, 11) is 0. The van der Waals surface area contributed by atoms with Crippen molar-refractivity contribution in [3.05, 3.63) is 35.9 Å². The quantitative estimate of drug-likeness (QED) is 0.780. The lowest BCUT2D eigenvalue weighted by Crippen LogP contribution is -2.40. The molecule has 136 valence electrons. The molecule has 1 aliphatic carbocycles. The van der Waals surface area contributed by atoms with Crippen molar-refractivity contribution in [2.45, 2.75) is 45.1 Å². The second-order valence-electron chi connectivity index (χ2n) is 6.52. The number of ether oxygens (including phenoxy) is 1. The number of carbonyl (C=O) groups is 1. The van der Waals surface area contributed by atoms with Crippen molar-refractivity contribution in [1.82, 2.24) is 4.90 Å². The van der Waals surface area contributed by atoms with Crippen molar-refractivity contribution in [3.63, 3.8) is 0 Å². The lowest BCUT2D eigenvalue weighted by molar-refractivity contribution is -0.140. The number of amides is 1. The summed E-state index contributed by atoms with van der Waals surface area (Å²) >= 11 is 0. The minimum atomic E-state index is 0. The Kier molecular flexibility index (Phi) is 9.99. The van der Waals surface area contributed by atoms with Gasteiger partial charge in [0.05, 0.1) is 6.10 Å². The maximum Gasteiger partial charge on any atom is 0.248 e. The van der Waals surface area contributed by atoms with Crippen LogP contribution in [0.3, 0.4) is 0 Å². The maximum atomic E-state index is 12.4. The molecule has 1 aliphatic rings. The average Bonchev–Trinajstić information content (AvgIpc) is 2.58. The topological polar surface area (TPSA) is 55.6 Å². The molecule has 1 saturated carbocycles. The monoisotopic (exact) mass is 354 g/mol. The van der Waals surface area contributed by atoms with E-state index in [1.54, 1.807) is 0 Å². The summed E-state index contributed by atoms with van der Waals surface area (Å²) in [4.78, 5) is 14.3. The Labute approximate surface area is 152 Å². The smallest absolute Gasteiger partial charge is 0.248 e. The fraction of sp³-hybridized carbons (Fsp3) is 0.632. The van der Waals surface area contributed by atoms with Gasteiger partial charge in [-0.25, -0.2) is 0 Å². The van der Waals surface area contributed by atoms with Crippen LogP contribution in [0.15, 0.2) is 30.3 Å². The van der Waals surface area contributed by atoms with Crippen LogP contribution < -0.4 is 5.73 Å². The van der Waals surface area contributed by atoms with E-state index in [2.05, 4.69) is 19.1 Å². The van der Waals surface area contributed by atoms with Crippen LogP contribution in [0.5, 0.6) is 0 Å². The Morgan fingerprint density at radius 3 is 2.58 bits per heavy atom.